The van der Waals surface area contributed by atoms with Crippen molar-refractivity contribution in [2.75, 3.05) is 6.61 Å². The van der Waals surface area contributed by atoms with E-state index in [0.29, 0.717) is 12.8 Å². The lowest BCUT2D eigenvalue weighted by Gasteiger charge is -2.41. The van der Waals surface area contributed by atoms with E-state index in [0.717, 1.165) is 0 Å². The van der Waals surface area contributed by atoms with Crippen molar-refractivity contribution in [2.45, 2.75) is 49.1 Å². The molecule has 0 aromatic rings. The first kappa shape index (κ1) is 14.4. The molecular weight excluding hydrogens is 254 g/mol. The Morgan fingerprint density at radius 1 is 1.21 bits per heavy atom. The third-order valence-corrected chi connectivity index (χ3v) is 3.46. The Hall–Kier alpha value is -1.01. The molecule has 4 N–H and O–H groups in total. The fraction of sp³-hybridized carbons (Fsp3) is 0.750. The third-order valence-electron chi connectivity index (χ3n) is 3.46. The molecule has 5 unspecified atom stereocenters. The van der Waals surface area contributed by atoms with E-state index in [1.165, 1.54) is 0 Å². The standard InChI is InChI=1S/C12H17NO6/c13-6-12(3-1-2-4-12)19-11-10(17)9(16)8(15)7(5-14)18-11/h1-2,7-11,14-17H,3-5H2. The molecule has 0 aromatic carbocycles. The first-order valence-corrected chi connectivity index (χ1v) is 6.07. The van der Waals surface area contributed by atoms with Crippen LogP contribution in [0.2, 0.25) is 0 Å². The van der Waals surface area contributed by atoms with Gasteiger partial charge >= 0.3 is 0 Å². The number of hydrogen-bond donors (Lipinski definition) is 4. The summed E-state index contributed by atoms with van der Waals surface area (Å²) in [4.78, 5) is 0. The zero-order valence-electron chi connectivity index (χ0n) is 10.2. The fourth-order valence-electron chi connectivity index (χ4n) is 2.23. The van der Waals surface area contributed by atoms with Gasteiger partial charge in [-0.25, -0.2) is 0 Å². The second-order valence-corrected chi connectivity index (χ2v) is 4.80. The van der Waals surface area contributed by atoms with E-state index >= 15 is 0 Å². The highest BCUT2D eigenvalue weighted by Gasteiger charge is 2.47. The molecular formula is C12H17NO6. The molecule has 1 aliphatic carbocycles. The van der Waals surface area contributed by atoms with E-state index in [1.54, 1.807) is 12.2 Å². The van der Waals surface area contributed by atoms with Gasteiger partial charge in [0.05, 0.1) is 12.7 Å². The van der Waals surface area contributed by atoms with Gasteiger partial charge in [0.2, 0.25) is 0 Å². The number of aliphatic hydroxyl groups excluding tert-OH is 4. The average Bonchev–Trinajstić information content (AvgIpc) is 2.89. The molecule has 1 heterocycles. The predicted molar refractivity (Wildman–Crippen MR) is 61.6 cm³/mol. The molecule has 7 nitrogen and oxygen atoms in total. The minimum absolute atomic E-state index is 0.360. The van der Waals surface area contributed by atoms with Gasteiger partial charge in [0.15, 0.2) is 11.9 Å². The molecule has 19 heavy (non-hydrogen) atoms. The first-order valence-electron chi connectivity index (χ1n) is 6.07. The monoisotopic (exact) mass is 271 g/mol. The van der Waals surface area contributed by atoms with E-state index in [-0.39, 0.29) is 0 Å². The number of ether oxygens (including phenoxy) is 2. The molecule has 2 rings (SSSR count). The number of hydrogen-bond acceptors (Lipinski definition) is 7. The van der Waals surface area contributed by atoms with Gasteiger partial charge < -0.3 is 29.9 Å². The molecule has 7 heteroatoms. The quantitative estimate of drug-likeness (QED) is 0.456. The van der Waals surface area contributed by atoms with Crippen LogP contribution in [0.4, 0.5) is 0 Å². The molecule has 0 amide bonds. The normalized spacial score (nSPS) is 41.1. The smallest absolute Gasteiger partial charge is 0.188 e. The summed E-state index contributed by atoms with van der Waals surface area (Å²) in [6.07, 6.45) is -2.43. The SMILES string of the molecule is N#CC1(OC2OC(CO)C(O)C(O)C2O)CC=CC1. The van der Waals surface area contributed by atoms with Gasteiger partial charge in [-0.05, 0) is 0 Å². The van der Waals surface area contributed by atoms with Crippen molar-refractivity contribution >= 4 is 0 Å². The number of nitrogens with zero attached hydrogens (tertiary/aromatic N) is 1. The van der Waals surface area contributed by atoms with Crippen LogP contribution in [-0.2, 0) is 9.47 Å². The van der Waals surface area contributed by atoms with Crippen molar-refractivity contribution in [3.05, 3.63) is 12.2 Å². The Balaban J connectivity index is 2.09. The predicted octanol–water partition coefficient (Wildman–Crippen LogP) is -1.58. The van der Waals surface area contributed by atoms with E-state index in [2.05, 4.69) is 0 Å². The van der Waals surface area contributed by atoms with Crippen molar-refractivity contribution in [2.24, 2.45) is 0 Å². The van der Waals surface area contributed by atoms with Crippen LogP contribution in [0.5, 0.6) is 0 Å². The van der Waals surface area contributed by atoms with Gasteiger partial charge in [0.1, 0.15) is 24.4 Å². The van der Waals surface area contributed by atoms with Crippen molar-refractivity contribution in [3.63, 3.8) is 0 Å². The van der Waals surface area contributed by atoms with Crippen molar-refractivity contribution < 1.29 is 29.9 Å². The molecule has 2 aliphatic rings. The number of nitriles is 1. The first-order chi connectivity index (χ1) is 9.03. The van der Waals surface area contributed by atoms with Gasteiger partial charge in [0.25, 0.3) is 0 Å². The van der Waals surface area contributed by atoms with E-state index < -0.39 is 42.9 Å². The second-order valence-electron chi connectivity index (χ2n) is 4.80. The van der Waals surface area contributed by atoms with Crippen LogP contribution in [-0.4, -0.2) is 63.3 Å². The summed E-state index contributed by atoms with van der Waals surface area (Å²) in [5.74, 6) is 0. The molecule has 5 atom stereocenters. The lowest BCUT2D eigenvalue weighted by molar-refractivity contribution is -0.318. The van der Waals surface area contributed by atoms with E-state index in [9.17, 15) is 15.3 Å². The van der Waals surface area contributed by atoms with Crippen LogP contribution in [0.15, 0.2) is 12.2 Å². The minimum atomic E-state index is -1.50. The Bertz CT molecular complexity index is 382. The van der Waals surface area contributed by atoms with Crippen LogP contribution in [0.25, 0.3) is 0 Å². The van der Waals surface area contributed by atoms with Crippen molar-refractivity contribution in [3.8, 4) is 6.07 Å². The summed E-state index contributed by atoms with van der Waals surface area (Å²) in [5.41, 5.74) is -1.13. The van der Waals surface area contributed by atoms with Gasteiger partial charge in [0, 0.05) is 12.8 Å². The highest BCUT2D eigenvalue weighted by atomic mass is 16.7. The molecule has 1 fully saturated rings. The van der Waals surface area contributed by atoms with Gasteiger partial charge in [-0.1, -0.05) is 12.2 Å². The molecule has 1 aliphatic heterocycles. The summed E-state index contributed by atoms with van der Waals surface area (Å²) < 4.78 is 10.7. The largest absolute Gasteiger partial charge is 0.394 e. The summed E-state index contributed by atoms with van der Waals surface area (Å²) in [6.45, 7) is -0.525. The second kappa shape index (κ2) is 5.54. The van der Waals surface area contributed by atoms with Crippen LogP contribution in [0.1, 0.15) is 12.8 Å². The summed E-state index contributed by atoms with van der Waals surface area (Å²) in [5, 5.41) is 47.3. The lowest BCUT2D eigenvalue weighted by Crippen LogP contribution is -2.60. The highest BCUT2D eigenvalue weighted by Crippen LogP contribution is 2.32. The Morgan fingerprint density at radius 2 is 1.84 bits per heavy atom. The highest BCUT2D eigenvalue weighted by molar-refractivity contribution is 5.16. The van der Waals surface area contributed by atoms with Crippen LogP contribution >= 0.6 is 0 Å². The molecule has 1 saturated heterocycles. The Morgan fingerprint density at radius 3 is 2.37 bits per heavy atom. The van der Waals surface area contributed by atoms with E-state index in [4.69, 9.17) is 19.8 Å². The molecule has 0 bridgehead atoms. The summed E-state index contributed by atoms with van der Waals surface area (Å²) >= 11 is 0. The molecule has 106 valence electrons. The van der Waals surface area contributed by atoms with Crippen LogP contribution in [0, 0.1) is 11.3 Å². The summed E-state index contributed by atoms with van der Waals surface area (Å²) in [7, 11) is 0. The van der Waals surface area contributed by atoms with Gasteiger partial charge in [-0.2, -0.15) is 5.26 Å². The molecule has 0 saturated carbocycles. The molecule has 0 aromatic heterocycles. The van der Waals surface area contributed by atoms with Gasteiger partial charge in [-0.3, -0.25) is 0 Å². The Kier molecular flexibility index (Phi) is 4.20. The molecule has 0 radical (unpaired) electrons. The zero-order valence-corrected chi connectivity index (χ0v) is 10.2. The minimum Gasteiger partial charge on any atom is -0.394 e. The van der Waals surface area contributed by atoms with Crippen molar-refractivity contribution in [1.29, 1.82) is 5.26 Å². The van der Waals surface area contributed by atoms with Crippen LogP contribution < -0.4 is 0 Å². The van der Waals surface area contributed by atoms with Crippen molar-refractivity contribution in [1.82, 2.24) is 0 Å². The number of aliphatic hydroxyl groups is 4. The fourth-order valence-corrected chi connectivity index (χ4v) is 2.23. The Labute approximate surface area is 110 Å². The average molecular weight is 271 g/mol. The van der Waals surface area contributed by atoms with Crippen LogP contribution in [0.3, 0.4) is 0 Å². The maximum absolute atomic E-state index is 9.82. The maximum atomic E-state index is 9.82. The third kappa shape index (κ3) is 2.65. The van der Waals surface area contributed by atoms with E-state index in [1.807, 2.05) is 6.07 Å². The summed E-state index contributed by atoms with van der Waals surface area (Å²) in [6, 6.07) is 2.02. The maximum Gasteiger partial charge on any atom is 0.188 e. The lowest BCUT2D eigenvalue weighted by atomic mass is 9.98. The zero-order chi connectivity index (χ0) is 14.0. The topological polar surface area (TPSA) is 123 Å². The van der Waals surface area contributed by atoms with Gasteiger partial charge in [-0.15, -0.1) is 0 Å². The number of rotatable bonds is 3. The molecule has 0 spiro atoms.